The molecule has 1 aromatic rings. The second-order valence-electron chi connectivity index (χ2n) is 5.94. The number of halogens is 1. The minimum atomic E-state index is -3.11. The standard InChI is InChI=1S/C16H23FN2O3S/c1-23(21,22)13-7-16(20)19-11-9-18(10-12-19)8-6-14-4-2-3-5-15(14)17/h2-5H,6-13H2,1H3. The molecule has 0 spiro atoms. The number of carbonyl (C=O) groups excluding carboxylic acids is 1. The predicted molar refractivity (Wildman–Crippen MR) is 87.5 cm³/mol. The van der Waals surface area contributed by atoms with Gasteiger partial charge < -0.3 is 4.90 Å². The molecular weight excluding hydrogens is 319 g/mol. The number of nitrogens with zero attached hydrogens (tertiary/aromatic N) is 2. The second kappa shape index (κ2) is 7.88. The molecule has 0 N–H and O–H groups in total. The number of piperazine rings is 1. The van der Waals surface area contributed by atoms with Crippen molar-refractivity contribution in [1.29, 1.82) is 0 Å². The molecule has 7 heteroatoms. The normalized spacial score (nSPS) is 16.5. The van der Waals surface area contributed by atoms with E-state index in [0.29, 0.717) is 25.1 Å². The molecule has 1 aliphatic rings. The van der Waals surface area contributed by atoms with Gasteiger partial charge >= 0.3 is 0 Å². The van der Waals surface area contributed by atoms with Crippen LogP contribution in [0.3, 0.4) is 0 Å². The fourth-order valence-corrected chi connectivity index (χ4v) is 3.18. The van der Waals surface area contributed by atoms with Crippen molar-refractivity contribution in [3.8, 4) is 0 Å². The van der Waals surface area contributed by atoms with Crippen molar-refractivity contribution < 1.29 is 17.6 Å². The van der Waals surface area contributed by atoms with Crippen LogP contribution in [0.2, 0.25) is 0 Å². The van der Waals surface area contributed by atoms with E-state index in [1.807, 2.05) is 6.07 Å². The third-order valence-corrected chi connectivity index (χ3v) is 5.01. The zero-order valence-corrected chi connectivity index (χ0v) is 14.2. The number of carbonyl (C=O) groups is 1. The van der Waals surface area contributed by atoms with Crippen LogP contribution in [0.5, 0.6) is 0 Å². The maximum atomic E-state index is 13.6. The summed E-state index contributed by atoms with van der Waals surface area (Å²) in [6.45, 7) is 3.42. The highest BCUT2D eigenvalue weighted by Gasteiger charge is 2.21. The first kappa shape index (κ1) is 17.9. The van der Waals surface area contributed by atoms with E-state index in [9.17, 15) is 17.6 Å². The largest absolute Gasteiger partial charge is 0.340 e. The maximum Gasteiger partial charge on any atom is 0.223 e. The number of rotatable bonds is 6. The van der Waals surface area contributed by atoms with E-state index in [2.05, 4.69) is 4.90 Å². The van der Waals surface area contributed by atoms with E-state index >= 15 is 0 Å². The van der Waals surface area contributed by atoms with Crippen molar-refractivity contribution in [2.45, 2.75) is 12.8 Å². The first-order chi connectivity index (χ1) is 10.8. The molecule has 128 valence electrons. The summed E-state index contributed by atoms with van der Waals surface area (Å²) in [5.74, 6) is -0.384. The molecule has 1 saturated heterocycles. The van der Waals surface area contributed by atoms with E-state index in [1.54, 1.807) is 17.0 Å². The maximum absolute atomic E-state index is 13.6. The fraction of sp³-hybridized carbons (Fsp3) is 0.562. The molecule has 1 heterocycles. The van der Waals surface area contributed by atoms with Crippen LogP contribution < -0.4 is 0 Å². The Morgan fingerprint density at radius 3 is 2.43 bits per heavy atom. The summed E-state index contributed by atoms with van der Waals surface area (Å²) >= 11 is 0. The van der Waals surface area contributed by atoms with E-state index in [-0.39, 0.29) is 23.9 Å². The minimum absolute atomic E-state index is 0.0497. The Morgan fingerprint density at radius 1 is 1.17 bits per heavy atom. The third kappa shape index (κ3) is 5.91. The van der Waals surface area contributed by atoms with Gasteiger partial charge in [0.05, 0.1) is 5.75 Å². The van der Waals surface area contributed by atoms with Crippen LogP contribution in [0.1, 0.15) is 12.0 Å². The number of amides is 1. The van der Waals surface area contributed by atoms with Crippen molar-refractivity contribution >= 4 is 15.7 Å². The van der Waals surface area contributed by atoms with E-state index in [4.69, 9.17) is 0 Å². The number of benzene rings is 1. The van der Waals surface area contributed by atoms with Gasteiger partial charge in [-0.2, -0.15) is 0 Å². The van der Waals surface area contributed by atoms with Crippen LogP contribution in [0.4, 0.5) is 4.39 Å². The summed E-state index contributed by atoms with van der Waals surface area (Å²) in [6, 6.07) is 6.77. The average Bonchev–Trinajstić information content (AvgIpc) is 2.52. The third-order valence-electron chi connectivity index (χ3n) is 4.07. The van der Waals surface area contributed by atoms with Crippen LogP contribution in [0, 0.1) is 5.82 Å². The van der Waals surface area contributed by atoms with Crippen LogP contribution in [0.15, 0.2) is 24.3 Å². The highest BCUT2D eigenvalue weighted by molar-refractivity contribution is 7.90. The number of hydrogen-bond donors (Lipinski definition) is 0. The first-order valence-electron chi connectivity index (χ1n) is 7.76. The summed E-state index contributed by atoms with van der Waals surface area (Å²) < 4.78 is 35.8. The van der Waals surface area contributed by atoms with Crippen molar-refractivity contribution in [3.63, 3.8) is 0 Å². The van der Waals surface area contributed by atoms with Crippen molar-refractivity contribution in [3.05, 3.63) is 35.6 Å². The summed E-state index contributed by atoms with van der Waals surface area (Å²) in [4.78, 5) is 15.9. The Labute approximate surface area is 137 Å². The zero-order valence-electron chi connectivity index (χ0n) is 13.4. The molecule has 0 aromatic heterocycles. The SMILES string of the molecule is CS(=O)(=O)CCC(=O)N1CCN(CCc2ccccc2F)CC1. The Balaban J connectivity index is 1.73. The van der Waals surface area contributed by atoms with Gasteiger partial charge in [0.15, 0.2) is 0 Å². The molecule has 0 atom stereocenters. The smallest absolute Gasteiger partial charge is 0.223 e. The molecule has 1 aliphatic heterocycles. The molecule has 0 saturated carbocycles. The second-order valence-corrected chi connectivity index (χ2v) is 8.20. The zero-order chi connectivity index (χ0) is 16.9. The summed E-state index contributed by atoms with van der Waals surface area (Å²) in [5.41, 5.74) is 0.708. The highest BCUT2D eigenvalue weighted by Crippen LogP contribution is 2.10. The topological polar surface area (TPSA) is 57.7 Å². The number of sulfone groups is 1. The Bertz CT molecular complexity index is 640. The van der Waals surface area contributed by atoms with E-state index < -0.39 is 9.84 Å². The number of hydrogen-bond acceptors (Lipinski definition) is 4. The molecule has 1 amide bonds. The summed E-state index contributed by atoms with van der Waals surface area (Å²) in [5, 5.41) is 0. The molecule has 5 nitrogen and oxygen atoms in total. The Hall–Kier alpha value is -1.47. The van der Waals surface area contributed by atoms with Crippen molar-refractivity contribution in [2.75, 3.05) is 44.7 Å². The summed E-state index contributed by atoms with van der Waals surface area (Å²) in [6.07, 6.45) is 1.84. The predicted octanol–water partition coefficient (Wildman–Crippen LogP) is 0.947. The molecule has 0 unspecified atom stereocenters. The Kier molecular flexibility index (Phi) is 6.12. The average molecular weight is 342 g/mol. The molecule has 1 aromatic carbocycles. The van der Waals surface area contributed by atoms with E-state index in [0.717, 1.165) is 25.9 Å². The molecular formula is C16H23FN2O3S. The van der Waals surface area contributed by atoms with Gasteiger partial charge in [-0.05, 0) is 18.1 Å². The van der Waals surface area contributed by atoms with Gasteiger partial charge in [0.2, 0.25) is 5.91 Å². The van der Waals surface area contributed by atoms with Gasteiger partial charge in [-0.1, -0.05) is 18.2 Å². The molecule has 1 fully saturated rings. The Morgan fingerprint density at radius 2 is 1.83 bits per heavy atom. The van der Waals surface area contributed by atoms with Gasteiger partial charge in [-0.3, -0.25) is 9.69 Å². The monoisotopic (exact) mass is 342 g/mol. The minimum Gasteiger partial charge on any atom is -0.340 e. The lowest BCUT2D eigenvalue weighted by Gasteiger charge is -2.34. The molecule has 0 bridgehead atoms. The first-order valence-corrected chi connectivity index (χ1v) is 9.82. The molecule has 0 aliphatic carbocycles. The van der Waals surface area contributed by atoms with Crippen LogP contribution in [-0.2, 0) is 21.1 Å². The van der Waals surface area contributed by atoms with Crippen molar-refractivity contribution in [1.82, 2.24) is 9.80 Å². The lowest BCUT2D eigenvalue weighted by molar-refractivity contribution is -0.132. The van der Waals surface area contributed by atoms with Crippen LogP contribution in [-0.4, -0.2) is 68.9 Å². The molecule has 2 rings (SSSR count). The van der Waals surface area contributed by atoms with Gasteiger partial charge in [0.1, 0.15) is 15.7 Å². The van der Waals surface area contributed by atoms with Gasteiger partial charge in [0, 0.05) is 45.4 Å². The van der Waals surface area contributed by atoms with Gasteiger partial charge in [0.25, 0.3) is 0 Å². The lowest BCUT2D eigenvalue weighted by atomic mass is 10.1. The van der Waals surface area contributed by atoms with Gasteiger partial charge in [-0.15, -0.1) is 0 Å². The van der Waals surface area contributed by atoms with Crippen LogP contribution >= 0.6 is 0 Å². The van der Waals surface area contributed by atoms with Gasteiger partial charge in [-0.25, -0.2) is 12.8 Å². The van der Waals surface area contributed by atoms with Crippen molar-refractivity contribution in [2.24, 2.45) is 0 Å². The highest BCUT2D eigenvalue weighted by atomic mass is 32.2. The summed E-state index contributed by atoms with van der Waals surface area (Å²) in [7, 11) is -3.11. The van der Waals surface area contributed by atoms with E-state index in [1.165, 1.54) is 6.07 Å². The lowest BCUT2D eigenvalue weighted by Crippen LogP contribution is -2.49. The van der Waals surface area contributed by atoms with Crippen LogP contribution in [0.25, 0.3) is 0 Å². The molecule has 23 heavy (non-hydrogen) atoms. The quantitative estimate of drug-likeness (QED) is 0.772. The molecule has 0 radical (unpaired) electrons. The fourth-order valence-electron chi connectivity index (χ4n) is 2.63.